The molecule has 1 fully saturated rings. The van der Waals surface area contributed by atoms with E-state index in [9.17, 15) is 23.1 Å². The molecule has 1 saturated heterocycles. The number of thioether (sulfide) groups is 1. The molecule has 0 aromatic rings. The van der Waals surface area contributed by atoms with E-state index >= 15 is 0 Å². The van der Waals surface area contributed by atoms with E-state index in [0.29, 0.717) is 0 Å². The van der Waals surface area contributed by atoms with Crippen LogP contribution >= 0.6 is 11.8 Å². The van der Waals surface area contributed by atoms with Gasteiger partial charge in [0.05, 0.1) is 5.25 Å². The quantitative estimate of drug-likeness (QED) is 0.794. The molecule has 0 aliphatic carbocycles. The van der Waals surface area contributed by atoms with Crippen molar-refractivity contribution in [3.05, 3.63) is 0 Å². The van der Waals surface area contributed by atoms with Gasteiger partial charge < -0.3 is 10.0 Å². The van der Waals surface area contributed by atoms with E-state index in [0.717, 1.165) is 18.6 Å². The summed E-state index contributed by atoms with van der Waals surface area (Å²) in [5.41, 5.74) is -2.64. The van der Waals surface area contributed by atoms with Crippen molar-refractivity contribution in [3.8, 4) is 0 Å². The Labute approximate surface area is 121 Å². The summed E-state index contributed by atoms with van der Waals surface area (Å²) < 4.78 is 38.0. The lowest BCUT2D eigenvalue weighted by Crippen LogP contribution is -2.55. The number of alkyl halides is 3. The Kier molecular flexibility index (Phi) is 6.19. The highest BCUT2D eigenvalue weighted by atomic mass is 32.2. The smallest absolute Gasteiger partial charge is 0.380 e. The van der Waals surface area contributed by atoms with E-state index in [4.69, 9.17) is 0 Å². The molecule has 1 atom stereocenters. The molecule has 0 aromatic carbocycles. The SMILES string of the molecule is CCCCSC(C)C(=O)N1CCC(O)(C(F)(F)F)CC1. The van der Waals surface area contributed by atoms with Gasteiger partial charge in [0.1, 0.15) is 0 Å². The minimum atomic E-state index is -4.62. The summed E-state index contributed by atoms with van der Waals surface area (Å²) in [5.74, 6) is 0.749. The number of nitrogens with zero attached hydrogens (tertiary/aromatic N) is 1. The monoisotopic (exact) mass is 313 g/mol. The second kappa shape index (κ2) is 7.02. The van der Waals surface area contributed by atoms with Crippen LogP contribution in [0.3, 0.4) is 0 Å². The number of hydrogen-bond donors (Lipinski definition) is 1. The Balaban J connectivity index is 2.47. The minimum absolute atomic E-state index is 0.0342. The van der Waals surface area contributed by atoms with Crippen molar-refractivity contribution in [3.63, 3.8) is 0 Å². The van der Waals surface area contributed by atoms with Gasteiger partial charge in [0.2, 0.25) is 5.91 Å². The number of halogens is 3. The highest BCUT2D eigenvalue weighted by molar-refractivity contribution is 8.00. The summed E-state index contributed by atoms with van der Waals surface area (Å²) >= 11 is 1.53. The van der Waals surface area contributed by atoms with Gasteiger partial charge in [0.15, 0.2) is 5.60 Å². The molecule has 0 spiro atoms. The Morgan fingerprint density at radius 1 is 1.40 bits per heavy atom. The molecule has 1 amide bonds. The predicted molar refractivity (Wildman–Crippen MR) is 73.6 cm³/mol. The molecule has 1 heterocycles. The normalized spacial score (nSPS) is 20.8. The first-order valence-corrected chi connectivity index (χ1v) is 7.95. The molecule has 118 valence electrons. The zero-order valence-electron chi connectivity index (χ0n) is 11.9. The average Bonchev–Trinajstić information content (AvgIpc) is 2.37. The van der Waals surface area contributed by atoms with Crippen LogP contribution in [0.4, 0.5) is 13.2 Å². The van der Waals surface area contributed by atoms with Gasteiger partial charge in [0.25, 0.3) is 0 Å². The van der Waals surface area contributed by atoms with Gasteiger partial charge in [-0.2, -0.15) is 13.2 Å². The van der Waals surface area contributed by atoms with E-state index in [1.54, 1.807) is 6.92 Å². The topological polar surface area (TPSA) is 40.5 Å². The van der Waals surface area contributed by atoms with Gasteiger partial charge in [-0.3, -0.25) is 4.79 Å². The summed E-state index contributed by atoms with van der Waals surface area (Å²) in [6.07, 6.45) is -3.42. The molecule has 0 radical (unpaired) electrons. The Bertz CT molecular complexity index is 328. The zero-order valence-corrected chi connectivity index (χ0v) is 12.7. The van der Waals surface area contributed by atoms with Crippen molar-refractivity contribution >= 4 is 17.7 Å². The second-order valence-electron chi connectivity index (χ2n) is 5.22. The van der Waals surface area contributed by atoms with Gasteiger partial charge in [-0.15, -0.1) is 11.8 Å². The number of amides is 1. The lowest BCUT2D eigenvalue weighted by molar-refractivity contribution is -0.272. The number of piperidine rings is 1. The Morgan fingerprint density at radius 3 is 2.40 bits per heavy atom. The van der Waals surface area contributed by atoms with E-state index in [-0.39, 0.29) is 24.2 Å². The Hall–Kier alpha value is -0.430. The van der Waals surface area contributed by atoms with Crippen molar-refractivity contribution in [1.82, 2.24) is 4.90 Å². The van der Waals surface area contributed by atoms with E-state index in [1.807, 2.05) is 0 Å². The molecule has 1 unspecified atom stereocenters. The van der Waals surface area contributed by atoms with Crippen LogP contribution in [0.25, 0.3) is 0 Å². The third-order valence-corrected chi connectivity index (χ3v) is 4.87. The van der Waals surface area contributed by atoms with Crippen LogP contribution in [0.2, 0.25) is 0 Å². The van der Waals surface area contributed by atoms with Crippen molar-refractivity contribution in [2.45, 2.75) is 56.6 Å². The van der Waals surface area contributed by atoms with E-state index in [1.165, 1.54) is 16.7 Å². The Morgan fingerprint density at radius 2 is 1.95 bits per heavy atom. The maximum absolute atomic E-state index is 12.7. The number of rotatable bonds is 5. The van der Waals surface area contributed by atoms with Crippen molar-refractivity contribution in [1.29, 1.82) is 0 Å². The number of carbonyl (C=O) groups excluding carboxylic acids is 1. The molecule has 1 N–H and O–H groups in total. The van der Waals surface area contributed by atoms with E-state index < -0.39 is 24.6 Å². The molecule has 0 bridgehead atoms. The summed E-state index contributed by atoms with van der Waals surface area (Å²) in [7, 11) is 0. The molecule has 3 nitrogen and oxygen atoms in total. The number of unbranched alkanes of at least 4 members (excludes halogenated alkanes) is 1. The maximum atomic E-state index is 12.7. The first-order chi connectivity index (χ1) is 9.21. The fourth-order valence-electron chi connectivity index (χ4n) is 2.11. The van der Waals surface area contributed by atoms with Crippen LogP contribution in [0.5, 0.6) is 0 Å². The molecule has 7 heteroatoms. The molecular formula is C13H22F3NO2S. The van der Waals surface area contributed by atoms with Gasteiger partial charge in [-0.25, -0.2) is 0 Å². The standard InChI is InChI=1S/C13H22F3NO2S/c1-3-4-9-20-10(2)11(18)17-7-5-12(19,6-8-17)13(14,15)16/h10,19H,3-9H2,1-2H3. The first-order valence-electron chi connectivity index (χ1n) is 6.91. The summed E-state index contributed by atoms with van der Waals surface area (Å²) in [4.78, 5) is 13.5. The lowest BCUT2D eigenvalue weighted by atomic mass is 9.90. The van der Waals surface area contributed by atoms with Gasteiger partial charge in [-0.1, -0.05) is 13.3 Å². The van der Waals surface area contributed by atoms with Crippen LogP contribution in [0.15, 0.2) is 0 Å². The summed E-state index contributed by atoms with van der Waals surface area (Å²) in [5, 5.41) is 9.31. The van der Waals surface area contributed by atoms with Crippen molar-refractivity contribution in [2.24, 2.45) is 0 Å². The molecule has 1 rings (SSSR count). The molecule has 1 aliphatic heterocycles. The van der Waals surface area contributed by atoms with E-state index in [2.05, 4.69) is 6.92 Å². The lowest BCUT2D eigenvalue weighted by Gasteiger charge is -2.39. The molecule has 0 aromatic heterocycles. The van der Waals surface area contributed by atoms with Crippen LogP contribution in [-0.2, 0) is 4.79 Å². The van der Waals surface area contributed by atoms with Crippen LogP contribution in [-0.4, -0.2) is 51.8 Å². The van der Waals surface area contributed by atoms with Gasteiger partial charge in [0, 0.05) is 25.9 Å². The number of hydrogen-bond acceptors (Lipinski definition) is 3. The third kappa shape index (κ3) is 4.28. The highest BCUT2D eigenvalue weighted by Gasteiger charge is 2.55. The van der Waals surface area contributed by atoms with Crippen LogP contribution in [0, 0.1) is 0 Å². The average molecular weight is 313 g/mol. The molecule has 20 heavy (non-hydrogen) atoms. The van der Waals surface area contributed by atoms with Crippen LogP contribution in [0.1, 0.15) is 39.5 Å². The maximum Gasteiger partial charge on any atom is 0.417 e. The number of likely N-dealkylation sites (tertiary alicyclic amines) is 1. The summed E-state index contributed by atoms with van der Waals surface area (Å²) in [6.45, 7) is 3.78. The van der Waals surface area contributed by atoms with Gasteiger partial charge >= 0.3 is 6.18 Å². The number of aliphatic hydroxyl groups is 1. The highest BCUT2D eigenvalue weighted by Crippen LogP contribution is 2.38. The number of carbonyl (C=O) groups is 1. The van der Waals surface area contributed by atoms with Gasteiger partial charge in [-0.05, 0) is 19.1 Å². The minimum Gasteiger partial charge on any atom is -0.380 e. The third-order valence-electron chi connectivity index (χ3n) is 3.64. The van der Waals surface area contributed by atoms with Crippen LogP contribution < -0.4 is 0 Å². The molecule has 0 saturated carbocycles. The predicted octanol–water partition coefficient (Wildman–Crippen LogP) is 2.82. The second-order valence-corrected chi connectivity index (χ2v) is 6.67. The van der Waals surface area contributed by atoms with Crippen molar-refractivity contribution < 1.29 is 23.1 Å². The summed E-state index contributed by atoms with van der Waals surface area (Å²) in [6, 6.07) is 0. The van der Waals surface area contributed by atoms with Crippen molar-refractivity contribution in [2.75, 3.05) is 18.8 Å². The zero-order chi connectivity index (χ0) is 15.4. The fraction of sp³-hybridized carbons (Fsp3) is 0.923. The molecule has 1 aliphatic rings. The first kappa shape index (κ1) is 17.6. The fourth-order valence-corrected chi connectivity index (χ4v) is 3.21. The molecular weight excluding hydrogens is 291 g/mol. The largest absolute Gasteiger partial charge is 0.417 e.